The number of carbonyl (C=O) groups is 1. The average molecular weight is 764 g/mol. The molecule has 2 saturated heterocycles. The number of esters is 1. The lowest BCUT2D eigenvalue weighted by Gasteiger charge is -2.28. The molecule has 5 heterocycles. The van der Waals surface area contributed by atoms with Gasteiger partial charge in [-0.25, -0.2) is 24.3 Å². The van der Waals surface area contributed by atoms with Gasteiger partial charge < -0.3 is 34.9 Å². The van der Waals surface area contributed by atoms with Gasteiger partial charge in [0.1, 0.15) is 48.4 Å². The monoisotopic (exact) mass is 763 g/mol. The van der Waals surface area contributed by atoms with Crippen molar-refractivity contribution in [1.29, 1.82) is 0 Å². The van der Waals surface area contributed by atoms with Gasteiger partial charge in [-0.15, -0.1) is 0 Å². The lowest BCUT2D eigenvalue weighted by atomic mass is 10.0. The second-order valence-corrected chi connectivity index (χ2v) is 16.1. The number of imidazole rings is 1. The Hall–Kier alpha value is -3.98. The fourth-order valence-corrected chi connectivity index (χ4v) is 8.77. The van der Waals surface area contributed by atoms with Gasteiger partial charge >= 0.3 is 18.5 Å². The normalized spacial score (nSPS) is 26.3. The number of nitrogens with zero attached hydrogens (tertiary/aromatic N) is 5. The fourth-order valence-electron chi connectivity index (χ4n) is 5.96. The van der Waals surface area contributed by atoms with Gasteiger partial charge in [0, 0.05) is 37.2 Å². The van der Waals surface area contributed by atoms with Crippen LogP contribution >= 0.6 is 18.2 Å². The summed E-state index contributed by atoms with van der Waals surface area (Å²) >= 11 is 0.553. The molecule has 19 nitrogen and oxygen atoms in total. The Kier molecular flexibility index (Phi) is 11.9. The van der Waals surface area contributed by atoms with E-state index >= 15 is 0 Å². The molecule has 4 aromatic rings. The smallest absolute Gasteiger partial charge is 0.392 e. The summed E-state index contributed by atoms with van der Waals surface area (Å²) in [5.74, 6) is -1.36. The van der Waals surface area contributed by atoms with Gasteiger partial charge in [-0.2, -0.15) is 0 Å². The van der Waals surface area contributed by atoms with E-state index in [1.165, 1.54) is 26.0 Å². The second-order valence-electron chi connectivity index (χ2n) is 12.1. The van der Waals surface area contributed by atoms with Crippen molar-refractivity contribution >= 4 is 41.1 Å². The van der Waals surface area contributed by atoms with Crippen LogP contribution < -0.4 is 17.0 Å². The number of aliphatic hydroxyl groups is 2. The number of ether oxygens (including phenoxy) is 4. The van der Waals surface area contributed by atoms with Crippen molar-refractivity contribution in [3.8, 4) is 0 Å². The highest BCUT2D eigenvalue weighted by atomic mass is 32.7. The average Bonchev–Trinajstić information content (AvgIpc) is 3.82. The van der Waals surface area contributed by atoms with E-state index < -0.39 is 92.1 Å². The minimum atomic E-state index is -4.39. The number of nitrogens with one attached hydrogen (secondary N) is 1. The molecule has 1 aromatic carbocycles. The van der Waals surface area contributed by atoms with Gasteiger partial charge in [-0.05, 0) is 12.0 Å². The van der Waals surface area contributed by atoms with Crippen LogP contribution in [0.2, 0.25) is 0 Å². The van der Waals surface area contributed by atoms with Gasteiger partial charge in [0.25, 0.3) is 5.56 Å². The van der Waals surface area contributed by atoms with Crippen molar-refractivity contribution in [3.63, 3.8) is 0 Å². The molecule has 0 saturated carbocycles. The van der Waals surface area contributed by atoms with Crippen LogP contribution in [0.1, 0.15) is 31.4 Å². The predicted molar refractivity (Wildman–Crippen MR) is 184 cm³/mol. The van der Waals surface area contributed by atoms with E-state index in [4.69, 9.17) is 33.7 Å². The van der Waals surface area contributed by atoms with Crippen molar-refractivity contribution in [2.45, 2.75) is 62.7 Å². The maximum Gasteiger partial charge on any atom is 0.392 e. The van der Waals surface area contributed by atoms with Crippen LogP contribution in [0.25, 0.3) is 11.2 Å². The number of methoxy groups -OCH3 is 1. The summed E-state index contributed by atoms with van der Waals surface area (Å²) in [6.45, 7) is -3.77. The van der Waals surface area contributed by atoms with E-state index in [2.05, 4.69) is 19.9 Å². The molecule has 280 valence electrons. The van der Waals surface area contributed by atoms with E-state index in [1.54, 1.807) is 11.5 Å². The van der Waals surface area contributed by atoms with Crippen LogP contribution in [0.4, 0.5) is 5.82 Å². The minimum absolute atomic E-state index is 0.100. The number of nitrogens with two attached hydrogens (primary N) is 1. The first-order valence-electron chi connectivity index (χ1n) is 16.2. The number of aromatic nitrogens is 6. The van der Waals surface area contributed by atoms with Gasteiger partial charge in [-0.1, -0.05) is 37.3 Å². The third kappa shape index (κ3) is 8.30. The molecule has 4 unspecified atom stereocenters. The molecule has 6 rings (SSSR count). The molecule has 0 aliphatic carbocycles. The Balaban J connectivity index is 1.19. The lowest BCUT2D eigenvalue weighted by molar-refractivity contribution is -0.145. The van der Waals surface area contributed by atoms with Gasteiger partial charge in [0.15, 0.2) is 17.7 Å². The number of H-pyrrole nitrogens is 1. The molecular weight excluding hydrogens is 725 g/mol. The van der Waals surface area contributed by atoms with Gasteiger partial charge in [0.2, 0.25) is 0 Å². The molecule has 3 aromatic heterocycles. The Labute approximate surface area is 299 Å². The predicted octanol–water partition coefficient (Wildman–Crippen LogP) is 1.13. The van der Waals surface area contributed by atoms with Crippen molar-refractivity contribution in [1.82, 2.24) is 29.1 Å². The number of hydrogen-bond acceptors (Lipinski definition) is 17. The summed E-state index contributed by atoms with van der Waals surface area (Å²) in [5, 5.41) is 21.1. The van der Waals surface area contributed by atoms with Crippen LogP contribution in [0.15, 0.2) is 64.8 Å². The topological polar surface area (TPSA) is 254 Å². The molecule has 0 spiro atoms. The maximum atomic E-state index is 14.5. The van der Waals surface area contributed by atoms with Crippen LogP contribution in [0.3, 0.4) is 0 Å². The number of carbonyl (C=O) groups excluding carboxylic acids is 1. The van der Waals surface area contributed by atoms with Crippen LogP contribution in [0.5, 0.6) is 0 Å². The number of anilines is 1. The molecule has 5 N–H and O–H groups in total. The second kappa shape index (κ2) is 16.4. The van der Waals surface area contributed by atoms with Crippen molar-refractivity contribution in [2.75, 3.05) is 32.0 Å². The van der Waals surface area contributed by atoms with E-state index in [9.17, 15) is 29.2 Å². The van der Waals surface area contributed by atoms with E-state index in [-0.39, 0.29) is 12.2 Å². The number of nitrogen functional groups attached to an aromatic ring is 1. The highest BCUT2D eigenvalue weighted by molar-refractivity contribution is 8.55. The highest BCUT2D eigenvalue weighted by Gasteiger charge is 2.51. The number of fused-ring (bicyclic) bond motifs is 1. The number of benzene rings is 1. The lowest BCUT2D eigenvalue weighted by Crippen LogP contribution is -2.39. The molecule has 0 bridgehead atoms. The van der Waals surface area contributed by atoms with E-state index in [0.29, 0.717) is 29.0 Å². The molecule has 9 atom stereocenters. The zero-order valence-corrected chi connectivity index (χ0v) is 29.7. The van der Waals surface area contributed by atoms with Crippen LogP contribution in [0, 0.1) is 5.92 Å². The molecule has 21 heteroatoms. The molecule has 2 aliphatic rings. The SMILES string of the molecule is CO[C@H]1C(OP(=O)(OC[C@H]2O[C@@H](n3cnc4c(N)ncnc43)CC2O)SCOC(=O)C(C)Cc2ccccc2)[C@@H](CO)O[C@H]1n1ccc(=O)[nH]c1=O. The molecular formula is C31H38N7O12PS. The minimum Gasteiger partial charge on any atom is -0.454 e. The summed E-state index contributed by atoms with van der Waals surface area (Å²) in [4.78, 5) is 51.7. The van der Waals surface area contributed by atoms with Crippen molar-refractivity contribution < 1.29 is 47.6 Å². The summed E-state index contributed by atoms with van der Waals surface area (Å²) in [5.41, 5.74) is 6.13. The summed E-state index contributed by atoms with van der Waals surface area (Å²) in [6, 6.07) is 10.5. The third-order valence-corrected chi connectivity index (χ3v) is 12.0. The zero-order chi connectivity index (χ0) is 37.0. The number of rotatable bonds is 15. The van der Waals surface area contributed by atoms with E-state index in [0.717, 1.165) is 16.2 Å². The molecule has 2 aliphatic heterocycles. The zero-order valence-electron chi connectivity index (χ0n) is 28.0. The van der Waals surface area contributed by atoms with Crippen molar-refractivity contribution in [2.24, 2.45) is 5.92 Å². The molecule has 0 radical (unpaired) electrons. The van der Waals surface area contributed by atoms with Gasteiger partial charge in [0.05, 0.1) is 31.6 Å². The first kappa shape index (κ1) is 37.8. The van der Waals surface area contributed by atoms with Crippen LogP contribution in [-0.4, -0.2) is 102 Å². The largest absolute Gasteiger partial charge is 0.454 e. The van der Waals surface area contributed by atoms with Crippen LogP contribution in [-0.2, 0) is 43.8 Å². The van der Waals surface area contributed by atoms with Crippen molar-refractivity contribution in [3.05, 3.63) is 81.7 Å². The van der Waals surface area contributed by atoms with Gasteiger partial charge in [-0.3, -0.25) is 32.8 Å². The number of aromatic amines is 1. The highest BCUT2D eigenvalue weighted by Crippen LogP contribution is 2.63. The Bertz CT molecular complexity index is 2010. The summed E-state index contributed by atoms with van der Waals surface area (Å²) in [7, 11) is 1.30. The Morgan fingerprint density at radius 1 is 1.13 bits per heavy atom. The fraction of sp³-hybridized carbons (Fsp3) is 0.484. The first-order valence-corrected chi connectivity index (χ1v) is 19.3. The molecule has 0 amide bonds. The maximum absolute atomic E-state index is 14.5. The molecule has 2 fully saturated rings. The Morgan fingerprint density at radius 2 is 1.92 bits per heavy atom. The third-order valence-electron chi connectivity index (χ3n) is 8.61. The number of aliphatic hydroxyl groups excluding tert-OH is 2. The molecule has 52 heavy (non-hydrogen) atoms. The first-order chi connectivity index (χ1) is 25.0. The Morgan fingerprint density at radius 3 is 2.65 bits per heavy atom. The quantitative estimate of drug-likeness (QED) is 0.0752. The van der Waals surface area contributed by atoms with E-state index in [1.807, 2.05) is 30.3 Å². The summed E-state index contributed by atoms with van der Waals surface area (Å²) < 4.78 is 52.0. The number of hydrogen-bond donors (Lipinski definition) is 4. The standard InChI is InChI=1S/C31H38N7O12PS/c1-17(10-18-6-4-3-5-7-18)30(42)46-16-52-51(44,50-25-20(12-39)49-29(26(25)45-2)37-9-8-22(41)36-31(37)43)47-13-21-19(40)11-23(48-21)38-15-35-24-27(32)33-14-34-28(24)38/h3-9,14-15,17,19-21,23,25-26,29,39-40H,10-13,16H2,1-2H3,(H2,32,33,34)(H,36,41,43)/t17?,19?,20-,21-,23-,25?,26+,29-,51?/m1/s1. The summed E-state index contributed by atoms with van der Waals surface area (Å²) in [6.07, 6.45) is -3.23.